The Bertz CT molecular complexity index is 670. The van der Waals surface area contributed by atoms with Crippen molar-refractivity contribution >= 4 is 11.5 Å². The maximum Gasteiger partial charge on any atom is 0.338 e. The lowest BCUT2D eigenvalue weighted by molar-refractivity contribution is -0.136. The van der Waals surface area contributed by atoms with Crippen LogP contribution in [0.3, 0.4) is 0 Å². The zero-order valence-corrected chi connectivity index (χ0v) is 18.8. The Morgan fingerprint density at radius 1 is 1.04 bits per heavy atom. The van der Waals surface area contributed by atoms with Crippen molar-refractivity contribution in [3.8, 4) is 5.75 Å². The summed E-state index contributed by atoms with van der Waals surface area (Å²) in [7, 11) is 0. The molecule has 3 heteroatoms. The fraction of sp³-hybridized carbons (Fsp3) is 0.625. The van der Waals surface area contributed by atoms with E-state index >= 15 is 0 Å². The lowest BCUT2D eigenvalue weighted by atomic mass is 9.78. The number of allylic oxidation sites excluding steroid dienone is 1. The van der Waals surface area contributed by atoms with Gasteiger partial charge in [-0.15, -0.1) is 0 Å². The van der Waals surface area contributed by atoms with Crippen LogP contribution in [0.25, 0.3) is 5.57 Å². The fourth-order valence-electron chi connectivity index (χ4n) is 2.89. The van der Waals surface area contributed by atoms with E-state index < -0.39 is 0 Å². The number of unbranched alkanes of at least 4 members (excludes halogenated alkanes) is 1. The second-order valence-corrected chi connectivity index (χ2v) is 9.03. The topological polar surface area (TPSA) is 35.5 Å². The van der Waals surface area contributed by atoms with Crippen LogP contribution in [-0.2, 0) is 20.4 Å². The molecule has 0 unspecified atom stereocenters. The van der Waals surface area contributed by atoms with Crippen molar-refractivity contribution in [2.24, 2.45) is 0 Å². The summed E-state index contributed by atoms with van der Waals surface area (Å²) in [6.45, 7) is 20.0. The van der Waals surface area contributed by atoms with Gasteiger partial charge >= 0.3 is 5.97 Å². The van der Waals surface area contributed by atoms with Crippen LogP contribution in [0.2, 0.25) is 0 Å². The van der Waals surface area contributed by atoms with E-state index in [1.807, 2.05) is 19.9 Å². The van der Waals surface area contributed by atoms with Crippen LogP contribution in [-0.4, -0.2) is 19.2 Å². The number of carbonyl (C=O) groups is 1. The van der Waals surface area contributed by atoms with E-state index in [1.165, 1.54) is 5.56 Å². The van der Waals surface area contributed by atoms with E-state index in [0.717, 1.165) is 29.7 Å². The predicted molar refractivity (Wildman–Crippen MR) is 115 cm³/mol. The van der Waals surface area contributed by atoms with E-state index in [2.05, 4.69) is 60.6 Å². The number of hydrogen-bond acceptors (Lipinski definition) is 3. The van der Waals surface area contributed by atoms with Gasteiger partial charge in [0.15, 0.2) is 0 Å². The molecule has 0 atom stereocenters. The highest BCUT2D eigenvalue weighted by molar-refractivity contribution is 6.17. The van der Waals surface area contributed by atoms with Crippen molar-refractivity contribution in [1.82, 2.24) is 0 Å². The Labute approximate surface area is 166 Å². The first-order valence-corrected chi connectivity index (χ1v) is 10.1. The summed E-state index contributed by atoms with van der Waals surface area (Å²) in [6.07, 6.45) is 3.88. The highest BCUT2D eigenvalue weighted by Gasteiger charge is 2.29. The van der Waals surface area contributed by atoms with Crippen molar-refractivity contribution in [3.63, 3.8) is 0 Å². The van der Waals surface area contributed by atoms with Crippen LogP contribution in [0.15, 0.2) is 18.2 Å². The molecule has 0 spiro atoms. The maximum absolute atomic E-state index is 12.6. The van der Waals surface area contributed by atoms with Gasteiger partial charge in [0.05, 0.1) is 18.8 Å². The number of ether oxygens (including phenoxy) is 2. The number of carbonyl (C=O) groups excluding carboxylic acids is 1. The summed E-state index contributed by atoms with van der Waals surface area (Å²) in [6, 6.07) is 4.34. The number of esters is 1. The largest absolute Gasteiger partial charge is 0.493 e. The molecule has 0 saturated heterocycles. The SMILES string of the molecule is C/C=C(/C(=O)OCC)c1cc(C(C)(C)C)cc(C(C)(C)C)c1OCCCC. The molecule has 0 aliphatic heterocycles. The summed E-state index contributed by atoms with van der Waals surface area (Å²) < 4.78 is 11.6. The third-order valence-electron chi connectivity index (χ3n) is 4.58. The van der Waals surface area contributed by atoms with Gasteiger partial charge in [-0.1, -0.05) is 67.0 Å². The molecule has 1 aromatic carbocycles. The molecule has 1 rings (SSSR count). The van der Waals surface area contributed by atoms with Gasteiger partial charge in [0.2, 0.25) is 0 Å². The van der Waals surface area contributed by atoms with Gasteiger partial charge in [-0.25, -0.2) is 4.79 Å². The maximum atomic E-state index is 12.6. The van der Waals surface area contributed by atoms with E-state index in [-0.39, 0.29) is 16.8 Å². The molecule has 152 valence electrons. The number of hydrogen-bond donors (Lipinski definition) is 0. The zero-order valence-electron chi connectivity index (χ0n) is 18.8. The first-order chi connectivity index (χ1) is 12.5. The van der Waals surface area contributed by atoms with E-state index in [1.54, 1.807) is 0 Å². The minimum atomic E-state index is -0.300. The van der Waals surface area contributed by atoms with Crippen LogP contribution in [0.4, 0.5) is 0 Å². The molecule has 0 heterocycles. The smallest absolute Gasteiger partial charge is 0.338 e. The molecule has 0 radical (unpaired) electrons. The molecular formula is C24H38O3. The minimum absolute atomic E-state index is 0.0375. The van der Waals surface area contributed by atoms with Crippen molar-refractivity contribution < 1.29 is 14.3 Å². The van der Waals surface area contributed by atoms with Gasteiger partial charge in [0, 0.05) is 11.1 Å². The fourth-order valence-corrected chi connectivity index (χ4v) is 2.89. The molecule has 0 aliphatic rings. The Balaban J connectivity index is 3.75. The van der Waals surface area contributed by atoms with Gasteiger partial charge in [0.25, 0.3) is 0 Å². The Morgan fingerprint density at radius 2 is 1.67 bits per heavy atom. The van der Waals surface area contributed by atoms with Crippen LogP contribution in [0.5, 0.6) is 5.75 Å². The molecule has 0 aliphatic carbocycles. The first kappa shape index (κ1) is 23.3. The summed E-state index contributed by atoms with van der Waals surface area (Å²) in [5, 5.41) is 0. The molecule has 0 fully saturated rings. The molecule has 3 nitrogen and oxygen atoms in total. The third-order valence-corrected chi connectivity index (χ3v) is 4.58. The van der Waals surface area contributed by atoms with Crippen LogP contribution >= 0.6 is 0 Å². The van der Waals surface area contributed by atoms with Crippen LogP contribution in [0.1, 0.15) is 91.8 Å². The number of benzene rings is 1. The molecule has 0 saturated carbocycles. The zero-order chi connectivity index (χ0) is 20.8. The van der Waals surface area contributed by atoms with Crippen molar-refractivity contribution in [3.05, 3.63) is 34.9 Å². The average Bonchev–Trinajstić information content (AvgIpc) is 2.54. The Kier molecular flexibility index (Phi) is 8.13. The molecule has 1 aromatic rings. The minimum Gasteiger partial charge on any atom is -0.493 e. The van der Waals surface area contributed by atoms with E-state index in [4.69, 9.17) is 9.47 Å². The monoisotopic (exact) mass is 374 g/mol. The molecule has 0 bridgehead atoms. The lowest BCUT2D eigenvalue weighted by Gasteiger charge is -2.29. The van der Waals surface area contributed by atoms with Gasteiger partial charge in [-0.2, -0.15) is 0 Å². The normalized spacial score (nSPS) is 12.9. The molecular weight excluding hydrogens is 336 g/mol. The van der Waals surface area contributed by atoms with Gasteiger partial charge in [0.1, 0.15) is 5.75 Å². The average molecular weight is 375 g/mol. The number of rotatable bonds is 7. The summed E-state index contributed by atoms with van der Waals surface area (Å²) >= 11 is 0. The van der Waals surface area contributed by atoms with Crippen molar-refractivity contribution in [2.45, 2.75) is 86.0 Å². The standard InChI is InChI=1S/C24H38O3/c1-10-13-14-27-21-19(18(11-2)22(25)26-12-3)15-17(23(4,5)6)16-20(21)24(7,8)9/h11,15-16H,10,12-14H2,1-9H3/b18-11+. The summed E-state index contributed by atoms with van der Waals surface area (Å²) in [4.78, 5) is 12.6. The highest BCUT2D eigenvalue weighted by Crippen LogP contribution is 2.41. The second kappa shape index (κ2) is 9.43. The molecule has 27 heavy (non-hydrogen) atoms. The quantitative estimate of drug-likeness (QED) is 0.313. The van der Waals surface area contributed by atoms with Crippen molar-refractivity contribution in [1.29, 1.82) is 0 Å². The summed E-state index contributed by atoms with van der Waals surface area (Å²) in [5.74, 6) is 0.511. The first-order valence-electron chi connectivity index (χ1n) is 10.1. The molecule has 0 amide bonds. The highest BCUT2D eigenvalue weighted by atomic mass is 16.5. The predicted octanol–water partition coefficient (Wildman–Crippen LogP) is 6.43. The summed E-state index contributed by atoms with van der Waals surface area (Å²) in [5.41, 5.74) is 3.58. The van der Waals surface area contributed by atoms with E-state index in [9.17, 15) is 4.79 Å². The van der Waals surface area contributed by atoms with Gasteiger partial charge in [-0.3, -0.25) is 0 Å². The Hall–Kier alpha value is -1.77. The van der Waals surface area contributed by atoms with E-state index in [0.29, 0.717) is 18.8 Å². The van der Waals surface area contributed by atoms with Gasteiger partial charge in [-0.05, 0) is 42.7 Å². The Morgan fingerprint density at radius 3 is 2.11 bits per heavy atom. The van der Waals surface area contributed by atoms with Crippen LogP contribution in [0, 0.1) is 0 Å². The third kappa shape index (κ3) is 6.12. The molecule has 0 N–H and O–H groups in total. The van der Waals surface area contributed by atoms with Crippen molar-refractivity contribution in [2.75, 3.05) is 13.2 Å². The molecule has 0 aromatic heterocycles. The van der Waals surface area contributed by atoms with Crippen LogP contribution < -0.4 is 4.74 Å². The second-order valence-electron chi connectivity index (χ2n) is 9.03. The van der Waals surface area contributed by atoms with Gasteiger partial charge < -0.3 is 9.47 Å². The lowest BCUT2D eigenvalue weighted by Crippen LogP contribution is -2.20.